The van der Waals surface area contributed by atoms with Crippen LogP contribution in [-0.4, -0.2) is 16.0 Å². The van der Waals surface area contributed by atoms with Crippen molar-refractivity contribution in [3.8, 4) is 6.07 Å². The summed E-state index contributed by atoms with van der Waals surface area (Å²) in [4.78, 5) is 16.5. The normalized spacial score (nSPS) is 11.7. The molecule has 20 heavy (non-hydrogen) atoms. The van der Waals surface area contributed by atoms with Crippen LogP contribution in [0.5, 0.6) is 0 Å². The van der Waals surface area contributed by atoms with Gasteiger partial charge in [0.1, 0.15) is 0 Å². The van der Waals surface area contributed by atoms with Gasteiger partial charge < -0.3 is 0 Å². The Labute approximate surface area is 122 Å². The summed E-state index contributed by atoms with van der Waals surface area (Å²) in [5.74, 6) is 0.0687. The number of thioether (sulfide) groups is 1. The van der Waals surface area contributed by atoms with Crippen LogP contribution in [0.3, 0.4) is 0 Å². The van der Waals surface area contributed by atoms with Crippen LogP contribution in [0.15, 0.2) is 47.6 Å². The SMILES string of the molecule is Cc1ccc(C(=O)C(C)Sc2cc(C#N)ccn2)cc1. The van der Waals surface area contributed by atoms with Crippen LogP contribution in [-0.2, 0) is 0 Å². The van der Waals surface area contributed by atoms with Gasteiger partial charge in [0.25, 0.3) is 0 Å². The van der Waals surface area contributed by atoms with Crippen molar-refractivity contribution in [2.24, 2.45) is 0 Å². The Bertz CT molecular complexity index is 659. The van der Waals surface area contributed by atoms with Gasteiger partial charge in [0.15, 0.2) is 5.78 Å². The van der Waals surface area contributed by atoms with Crippen LogP contribution < -0.4 is 0 Å². The van der Waals surface area contributed by atoms with E-state index in [0.29, 0.717) is 16.2 Å². The van der Waals surface area contributed by atoms with E-state index in [2.05, 4.69) is 11.1 Å². The van der Waals surface area contributed by atoms with Gasteiger partial charge in [0, 0.05) is 11.8 Å². The molecule has 0 fully saturated rings. The van der Waals surface area contributed by atoms with Crippen LogP contribution in [0.2, 0.25) is 0 Å². The molecule has 1 aromatic heterocycles. The quantitative estimate of drug-likeness (QED) is 0.635. The zero-order chi connectivity index (χ0) is 14.5. The Morgan fingerprint density at radius 1 is 1.30 bits per heavy atom. The van der Waals surface area contributed by atoms with E-state index in [1.165, 1.54) is 11.8 Å². The largest absolute Gasteiger partial charge is 0.293 e. The number of rotatable bonds is 4. The molecule has 2 rings (SSSR count). The molecule has 0 saturated heterocycles. The van der Waals surface area contributed by atoms with Gasteiger partial charge in [-0.15, -0.1) is 0 Å². The molecule has 0 aliphatic heterocycles. The molecule has 0 aliphatic carbocycles. The lowest BCUT2D eigenvalue weighted by atomic mass is 10.1. The predicted molar refractivity (Wildman–Crippen MR) is 79.8 cm³/mol. The van der Waals surface area contributed by atoms with Gasteiger partial charge in [-0.1, -0.05) is 41.6 Å². The minimum atomic E-state index is -0.237. The summed E-state index contributed by atoms with van der Waals surface area (Å²) in [5.41, 5.74) is 2.38. The number of carbonyl (C=O) groups is 1. The van der Waals surface area contributed by atoms with Gasteiger partial charge >= 0.3 is 0 Å². The van der Waals surface area contributed by atoms with Crippen LogP contribution in [0.1, 0.15) is 28.4 Å². The van der Waals surface area contributed by atoms with Gasteiger partial charge in [-0.25, -0.2) is 4.98 Å². The van der Waals surface area contributed by atoms with Gasteiger partial charge in [-0.05, 0) is 26.0 Å². The number of nitriles is 1. The number of carbonyl (C=O) groups excluding carboxylic acids is 1. The van der Waals surface area contributed by atoms with Crippen molar-refractivity contribution in [2.75, 3.05) is 0 Å². The fourth-order valence-corrected chi connectivity index (χ4v) is 2.65. The molecule has 0 N–H and O–H groups in total. The summed E-state index contributed by atoms with van der Waals surface area (Å²) < 4.78 is 0. The summed E-state index contributed by atoms with van der Waals surface area (Å²) >= 11 is 1.37. The van der Waals surface area contributed by atoms with E-state index in [9.17, 15) is 4.79 Å². The maximum atomic E-state index is 12.3. The number of benzene rings is 1. The van der Waals surface area contributed by atoms with Gasteiger partial charge in [-0.2, -0.15) is 5.26 Å². The predicted octanol–water partition coefficient (Wildman–Crippen LogP) is 3.63. The Balaban J connectivity index is 2.11. The number of nitrogens with zero attached hydrogens (tertiary/aromatic N) is 2. The highest BCUT2D eigenvalue weighted by atomic mass is 32.2. The number of Topliss-reactive ketones (excluding diaryl/α,β-unsaturated/α-hetero) is 1. The van der Waals surface area contributed by atoms with E-state index < -0.39 is 0 Å². The number of hydrogen-bond acceptors (Lipinski definition) is 4. The molecule has 0 bridgehead atoms. The van der Waals surface area contributed by atoms with Gasteiger partial charge in [0.2, 0.25) is 0 Å². The third-order valence-electron chi connectivity index (χ3n) is 2.87. The third kappa shape index (κ3) is 3.46. The molecule has 3 nitrogen and oxygen atoms in total. The first kappa shape index (κ1) is 14.3. The zero-order valence-electron chi connectivity index (χ0n) is 11.3. The number of aryl methyl sites for hydroxylation is 1. The summed E-state index contributed by atoms with van der Waals surface area (Å²) in [6, 6.07) is 13.0. The Morgan fingerprint density at radius 2 is 2.00 bits per heavy atom. The molecular formula is C16H14N2OS. The maximum absolute atomic E-state index is 12.3. The first-order chi connectivity index (χ1) is 9.60. The Kier molecular flexibility index (Phi) is 4.54. The topological polar surface area (TPSA) is 53.8 Å². The van der Waals surface area contributed by atoms with Crippen LogP contribution in [0, 0.1) is 18.3 Å². The second-order valence-corrected chi connectivity index (χ2v) is 5.85. The van der Waals surface area contributed by atoms with Crippen LogP contribution in [0.4, 0.5) is 0 Å². The molecule has 0 amide bonds. The number of pyridine rings is 1. The molecule has 1 heterocycles. The molecule has 4 heteroatoms. The van der Waals surface area contributed by atoms with E-state index in [0.717, 1.165) is 5.56 Å². The van der Waals surface area contributed by atoms with Crippen LogP contribution >= 0.6 is 11.8 Å². The Hall–Kier alpha value is -2.12. The lowest BCUT2D eigenvalue weighted by Gasteiger charge is -2.10. The fraction of sp³-hybridized carbons (Fsp3) is 0.188. The smallest absolute Gasteiger partial charge is 0.175 e. The van der Waals surface area contributed by atoms with E-state index in [1.54, 1.807) is 18.3 Å². The third-order valence-corrected chi connectivity index (χ3v) is 3.90. The Morgan fingerprint density at radius 3 is 2.65 bits per heavy atom. The molecule has 1 unspecified atom stereocenters. The molecule has 2 aromatic rings. The fourth-order valence-electron chi connectivity index (χ4n) is 1.73. The molecule has 0 spiro atoms. The summed E-state index contributed by atoms with van der Waals surface area (Å²) in [5, 5.41) is 9.31. The molecule has 1 atom stereocenters. The molecular weight excluding hydrogens is 268 g/mol. The second-order valence-electron chi connectivity index (χ2n) is 4.48. The van der Waals surface area contributed by atoms with Crippen molar-refractivity contribution < 1.29 is 4.79 Å². The highest BCUT2D eigenvalue weighted by Crippen LogP contribution is 2.24. The van der Waals surface area contributed by atoms with Crippen molar-refractivity contribution in [1.82, 2.24) is 4.98 Å². The molecule has 0 aliphatic rings. The van der Waals surface area contributed by atoms with Crippen molar-refractivity contribution in [1.29, 1.82) is 5.26 Å². The zero-order valence-corrected chi connectivity index (χ0v) is 12.1. The first-order valence-electron chi connectivity index (χ1n) is 6.24. The molecule has 0 saturated carbocycles. The highest BCUT2D eigenvalue weighted by Gasteiger charge is 2.17. The monoisotopic (exact) mass is 282 g/mol. The van der Waals surface area contributed by atoms with Crippen LogP contribution in [0.25, 0.3) is 0 Å². The summed E-state index contributed by atoms with van der Waals surface area (Å²) in [6.45, 7) is 3.84. The summed E-state index contributed by atoms with van der Waals surface area (Å²) in [6.07, 6.45) is 1.59. The average Bonchev–Trinajstić information content (AvgIpc) is 2.47. The van der Waals surface area contributed by atoms with Crippen molar-refractivity contribution in [2.45, 2.75) is 24.1 Å². The van der Waals surface area contributed by atoms with E-state index in [4.69, 9.17) is 5.26 Å². The van der Waals surface area contributed by atoms with Crippen molar-refractivity contribution in [3.63, 3.8) is 0 Å². The molecule has 100 valence electrons. The number of ketones is 1. The molecule has 1 aromatic carbocycles. The lowest BCUT2D eigenvalue weighted by Crippen LogP contribution is -2.13. The minimum absolute atomic E-state index is 0.0687. The van der Waals surface area contributed by atoms with Crippen molar-refractivity contribution >= 4 is 17.5 Å². The van der Waals surface area contributed by atoms with Gasteiger partial charge in [-0.3, -0.25) is 4.79 Å². The van der Waals surface area contributed by atoms with E-state index >= 15 is 0 Å². The highest BCUT2D eigenvalue weighted by molar-refractivity contribution is 8.00. The maximum Gasteiger partial charge on any atom is 0.175 e. The number of aromatic nitrogens is 1. The van der Waals surface area contributed by atoms with Gasteiger partial charge in [0.05, 0.1) is 21.9 Å². The second kappa shape index (κ2) is 6.36. The minimum Gasteiger partial charge on any atom is -0.293 e. The number of hydrogen-bond donors (Lipinski definition) is 0. The first-order valence-corrected chi connectivity index (χ1v) is 7.12. The average molecular weight is 282 g/mol. The lowest BCUT2D eigenvalue weighted by molar-refractivity contribution is 0.0994. The van der Waals surface area contributed by atoms with E-state index in [-0.39, 0.29) is 11.0 Å². The summed E-state index contributed by atoms with van der Waals surface area (Å²) in [7, 11) is 0. The van der Waals surface area contributed by atoms with E-state index in [1.807, 2.05) is 38.1 Å². The molecule has 0 radical (unpaired) electrons. The standard InChI is InChI=1S/C16H14N2OS/c1-11-3-5-14(6-4-11)16(19)12(2)20-15-9-13(10-17)7-8-18-15/h3-9,12H,1-2H3. The van der Waals surface area contributed by atoms with Crippen molar-refractivity contribution in [3.05, 3.63) is 59.3 Å².